The monoisotopic (exact) mass is 281 g/mol. The minimum absolute atomic E-state index is 0.0375. The van der Waals surface area contributed by atoms with Crippen molar-refractivity contribution < 1.29 is 12.8 Å². The molecule has 1 aromatic heterocycles. The third kappa shape index (κ3) is 2.48. The number of aromatic amines is 1. The fraction of sp³-hybridized carbons (Fsp3) is 0. The molecule has 2 aromatic rings. The van der Waals surface area contributed by atoms with Gasteiger partial charge in [0.1, 0.15) is 22.6 Å². The van der Waals surface area contributed by atoms with Gasteiger partial charge in [0.2, 0.25) is 0 Å². The summed E-state index contributed by atoms with van der Waals surface area (Å²) in [6, 6.07) is 4.82. The number of nitrogens with one attached hydrogen (secondary N) is 2. The molecule has 2 rings (SSSR count). The molecule has 0 amide bonds. The molecule has 0 unspecified atom stereocenters. The van der Waals surface area contributed by atoms with Crippen LogP contribution in [0.4, 0.5) is 15.9 Å². The number of halogens is 1. The van der Waals surface area contributed by atoms with Crippen molar-refractivity contribution in [3.63, 3.8) is 0 Å². The Morgan fingerprint density at radius 3 is 2.79 bits per heavy atom. The van der Waals surface area contributed by atoms with E-state index < -0.39 is 15.8 Å². The molecule has 1 heterocycles. The zero-order chi connectivity index (χ0) is 14.0. The van der Waals surface area contributed by atoms with Crippen molar-refractivity contribution in [3.8, 4) is 6.07 Å². The van der Waals surface area contributed by atoms with Crippen LogP contribution in [0.5, 0.6) is 0 Å². The minimum atomic E-state index is -3.99. The molecule has 0 aliphatic carbocycles. The number of hydrogen-bond donors (Lipinski definition) is 3. The second-order valence-corrected chi connectivity index (χ2v) is 5.21. The largest absolute Gasteiger partial charge is 0.383 e. The fourth-order valence-electron chi connectivity index (χ4n) is 1.40. The van der Waals surface area contributed by atoms with Crippen molar-refractivity contribution >= 4 is 21.5 Å². The van der Waals surface area contributed by atoms with E-state index in [1.54, 1.807) is 6.07 Å². The highest BCUT2D eigenvalue weighted by Gasteiger charge is 2.20. The van der Waals surface area contributed by atoms with Gasteiger partial charge in [-0.1, -0.05) is 0 Å². The number of aromatic nitrogens is 2. The molecule has 4 N–H and O–H groups in total. The Morgan fingerprint density at radius 1 is 1.47 bits per heavy atom. The molecule has 0 aliphatic heterocycles. The molecular formula is C10H8FN5O2S. The molecule has 19 heavy (non-hydrogen) atoms. The van der Waals surface area contributed by atoms with Gasteiger partial charge in [-0.25, -0.2) is 12.8 Å². The van der Waals surface area contributed by atoms with Gasteiger partial charge < -0.3 is 5.73 Å². The number of nitrogen functional groups attached to an aromatic ring is 1. The Labute approximate surface area is 107 Å². The standard InChI is InChI=1S/C10H8FN5O2S/c11-7-1-2-8(6(3-7)4-12)16-19(17,18)9-5-14-15-10(9)13/h1-3,5,16H,(H3,13,14,15). The van der Waals surface area contributed by atoms with E-state index in [1.165, 1.54) is 0 Å². The molecule has 0 spiro atoms. The van der Waals surface area contributed by atoms with Crippen molar-refractivity contribution in [3.05, 3.63) is 35.8 Å². The number of nitriles is 1. The summed E-state index contributed by atoms with van der Waals surface area (Å²) in [6.07, 6.45) is 1.03. The number of rotatable bonds is 3. The van der Waals surface area contributed by atoms with Crippen molar-refractivity contribution in [1.29, 1.82) is 5.26 Å². The molecule has 98 valence electrons. The average Bonchev–Trinajstić information content (AvgIpc) is 2.78. The first-order valence-electron chi connectivity index (χ1n) is 4.95. The SMILES string of the molecule is N#Cc1cc(F)ccc1NS(=O)(=O)c1cn[nH]c1N. The van der Waals surface area contributed by atoms with Crippen LogP contribution in [0.1, 0.15) is 5.56 Å². The summed E-state index contributed by atoms with van der Waals surface area (Å²) in [5.74, 6) is -0.768. The lowest BCUT2D eigenvalue weighted by Gasteiger charge is -2.08. The summed E-state index contributed by atoms with van der Waals surface area (Å²) in [5.41, 5.74) is 5.24. The summed E-state index contributed by atoms with van der Waals surface area (Å²) in [7, 11) is -3.99. The van der Waals surface area contributed by atoms with Gasteiger partial charge >= 0.3 is 0 Å². The van der Waals surface area contributed by atoms with Gasteiger partial charge in [0.15, 0.2) is 0 Å². The molecule has 0 fully saturated rings. The van der Waals surface area contributed by atoms with Crippen molar-refractivity contribution in [1.82, 2.24) is 10.2 Å². The average molecular weight is 281 g/mol. The van der Waals surface area contributed by atoms with Crippen LogP contribution in [0.2, 0.25) is 0 Å². The Kier molecular flexibility index (Phi) is 3.10. The van der Waals surface area contributed by atoms with Gasteiger partial charge in [0.05, 0.1) is 17.4 Å². The third-order valence-corrected chi connectivity index (χ3v) is 3.66. The molecule has 0 atom stereocenters. The van der Waals surface area contributed by atoms with Gasteiger partial charge in [-0.05, 0) is 18.2 Å². The molecule has 0 bridgehead atoms. The topological polar surface area (TPSA) is 125 Å². The van der Waals surface area contributed by atoms with E-state index >= 15 is 0 Å². The van der Waals surface area contributed by atoms with Crippen molar-refractivity contribution in [2.45, 2.75) is 4.90 Å². The Bertz CT molecular complexity index is 762. The summed E-state index contributed by atoms with van der Waals surface area (Å²) >= 11 is 0. The normalized spacial score (nSPS) is 10.9. The molecule has 9 heteroatoms. The zero-order valence-electron chi connectivity index (χ0n) is 9.38. The van der Waals surface area contributed by atoms with Gasteiger partial charge in [-0.15, -0.1) is 0 Å². The van der Waals surface area contributed by atoms with E-state index in [1.807, 2.05) is 0 Å². The number of hydrogen-bond acceptors (Lipinski definition) is 5. The van der Waals surface area contributed by atoms with Crippen molar-refractivity contribution in [2.75, 3.05) is 10.5 Å². The van der Waals surface area contributed by atoms with Crippen LogP contribution in [-0.2, 0) is 10.0 Å². The van der Waals surface area contributed by atoms with Crippen LogP contribution >= 0.6 is 0 Å². The van der Waals surface area contributed by atoms with Crippen LogP contribution in [0.25, 0.3) is 0 Å². The lowest BCUT2D eigenvalue weighted by molar-refractivity contribution is 0.601. The maximum Gasteiger partial charge on any atom is 0.267 e. The van der Waals surface area contributed by atoms with Crippen molar-refractivity contribution in [2.24, 2.45) is 0 Å². The predicted molar refractivity (Wildman–Crippen MR) is 64.9 cm³/mol. The van der Waals surface area contributed by atoms with E-state index in [4.69, 9.17) is 11.0 Å². The molecular weight excluding hydrogens is 273 g/mol. The first-order valence-corrected chi connectivity index (χ1v) is 6.43. The van der Waals surface area contributed by atoms with Gasteiger partial charge in [0, 0.05) is 0 Å². The number of benzene rings is 1. The number of sulfonamides is 1. The van der Waals surface area contributed by atoms with Crippen LogP contribution in [0.15, 0.2) is 29.3 Å². The summed E-state index contributed by atoms with van der Waals surface area (Å²) in [4.78, 5) is -0.249. The highest BCUT2D eigenvalue weighted by Crippen LogP contribution is 2.22. The lowest BCUT2D eigenvalue weighted by Crippen LogP contribution is -2.14. The second kappa shape index (κ2) is 4.58. The zero-order valence-corrected chi connectivity index (χ0v) is 10.2. The molecule has 0 aliphatic rings. The second-order valence-electron chi connectivity index (χ2n) is 3.56. The van der Waals surface area contributed by atoms with E-state index in [2.05, 4.69) is 14.9 Å². The molecule has 0 saturated heterocycles. The summed E-state index contributed by atoms with van der Waals surface area (Å²) in [5, 5.41) is 14.6. The molecule has 0 saturated carbocycles. The smallest absolute Gasteiger partial charge is 0.267 e. The first kappa shape index (κ1) is 12.8. The van der Waals surface area contributed by atoms with Gasteiger partial charge in [-0.2, -0.15) is 10.4 Å². The van der Waals surface area contributed by atoms with E-state index in [0.717, 1.165) is 24.4 Å². The maximum absolute atomic E-state index is 12.9. The Morgan fingerprint density at radius 2 is 2.21 bits per heavy atom. The quantitative estimate of drug-likeness (QED) is 0.767. The van der Waals surface area contributed by atoms with Gasteiger partial charge in [-0.3, -0.25) is 9.82 Å². The fourth-order valence-corrected chi connectivity index (χ4v) is 2.50. The first-order chi connectivity index (χ1) is 8.94. The van der Waals surface area contributed by atoms with Crippen LogP contribution in [0, 0.1) is 17.1 Å². The van der Waals surface area contributed by atoms with Gasteiger partial charge in [0.25, 0.3) is 10.0 Å². The van der Waals surface area contributed by atoms with E-state index in [9.17, 15) is 12.8 Å². The highest BCUT2D eigenvalue weighted by molar-refractivity contribution is 7.92. The maximum atomic E-state index is 12.9. The lowest BCUT2D eigenvalue weighted by atomic mass is 10.2. The van der Waals surface area contributed by atoms with E-state index in [-0.39, 0.29) is 22.0 Å². The Balaban J connectivity index is 2.42. The number of H-pyrrole nitrogens is 1. The predicted octanol–water partition coefficient (Wildman–Crippen LogP) is 0.803. The summed E-state index contributed by atoms with van der Waals surface area (Å²) < 4.78 is 39.1. The van der Waals surface area contributed by atoms with Crippen LogP contribution in [-0.4, -0.2) is 18.6 Å². The Hall–Kier alpha value is -2.60. The minimum Gasteiger partial charge on any atom is -0.383 e. The molecule has 7 nitrogen and oxygen atoms in total. The number of nitrogens with zero attached hydrogens (tertiary/aromatic N) is 2. The number of anilines is 2. The van der Waals surface area contributed by atoms with E-state index in [0.29, 0.717) is 0 Å². The highest BCUT2D eigenvalue weighted by atomic mass is 32.2. The molecule has 0 radical (unpaired) electrons. The summed E-state index contributed by atoms with van der Waals surface area (Å²) in [6.45, 7) is 0. The van der Waals surface area contributed by atoms with Crippen LogP contribution in [0.3, 0.4) is 0 Å². The molecule has 1 aromatic carbocycles. The van der Waals surface area contributed by atoms with Crippen LogP contribution < -0.4 is 10.5 Å². The third-order valence-electron chi connectivity index (χ3n) is 2.27. The number of nitrogens with two attached hydrogens (primary N) is 1.